The maximum Gasteiger partial charge on any atom is 0.330 e. The largest absolute Gasteiger partial charge is 0.479 e. The molecule has 0 saturated carbocycles. The van der Waals surface area contributed by atoms with Crippen molar-refractivity contribution in [3.8, 4) is 0 Å². The third kappa shape index (κ3) is 3.22. The molecule has 0 radical (unpaired) electrons. The van der Waals surface area contributed by atoms with Crippen molar-refractivity contribution in [2.45, 2.75) is 63.6 Å². The smallest absolute Gasteiger partial charge is 0.330 e. The quantitative estimate of drug-likeness (QED) is 0.798. The van der Waals surface area contributed by atoms with Crippen LogP contribution in [-0.4, -0.2) is 61.2 Å². The van der Waals surface area contributed by atoms with Crippen LogP contribution >= 0.6 is 24.0 Å². The number of rotatable bonds is 4. The first-order chi connectivity index (χ1) is 9.65. The van der Waals surface area contributed by atoms with Crippen LogP contribution in [0.2, 0.25) is 0 Å². The van der Waals surface area contributed by atoms with Crippen molar-refractivity contribution in [1.29, 1.82) is 0 Å². The van der Waals surface area contributed by atoms with E-state index >= 15 is 0 Å². The molecule has 21 heavy (non-hydrogen) atoms. The number of thioether (sulfide) groups is 1. The predicted molar refractivity (Wildman–Crippen MR) is 94.0 cm³/mol. The van der Waals surface area contributed by atoms with Gasteiger partial charge in [0, 0.05) is 11.2 Å². The molecule has 4 nitrogen and oxygen atoms in total. The summed E-state index contributed by atoms with van der Waals surface area (Å²) >= 11 is 6.86. The van der Waals surface area contributed by atoms with E-state index in [2.05, 4.69) is 25.7 Å². The summed E-state index contributed by atoms with van der Waals surface area (Å²) in [6.45, 7) is 15.9. The summed E-state index contributed by atoms with van der Waals surface area (Å²) in [6.07, 6.45) is 0.853. The van der Waals surface area contributed by atoms with Crippen LogP contribution in [0.5, 0.6) is 0 Å². The third-order valence-corrected chi connectivity index (χ3v) is 6.75. The van der Waals surface area contributed by atoms with Crippen molar-refractivity contribution >= 4 is 34.9 Å². The molecule has 2 atom stereocenters. The lowest BCUT2D eigenvalue weighted by atomic mass is 9.84. The minimum atomic E-state index is -0.850. The molecule has 122 valence electrons. The molecule has 0 aromatic heterocycles. The zero-order valence-electron chi connectivity index (χ0n) is 14.0. The second kappa shape index (κ2) is 6.84. The summed E-state index contributed by atoms with van der Waals surface area (Å²) in [5.41, 5.74) is -0.850. The molecule has 2 heterocycles. The Kier molecular flexibility index (Phi) is 6.09. The fraction of sp³-hybridized carbons (Fsp3) is 0.867. The summed E-state index contributed by atoms with van der Waals surface area (Å²) in [5, 5.41) is 9.61. The fourth-order valence-electron chi connectivity index (χ4n) is 2.80. The van der Waals surface area contributed by atoms with Gasteiger partial charge in [-0.05, 0) is 40.4 Å². The lowest BCUT2D eigenvalue weighted by Crippen LogP contribution is -2.64. The first-order valence-corrected chi connectivity index (χ1v) is 8.90. The number of carboxylic acid groups (broad SMARTS) is 1. The van der Waals surface area contributed by atoms with E-state index in [0.717, 1.165) is 11.4 Å². The van der Waals surface area contributed by atoms with Crippen molar-refractivity contribution in [3.05, 3.63) is 0 Å². The van der Waals surface area contributed by atoms with Crippen LogP contribution in [0.4, 0.5) is 0 Å². The minimum absolute atomic E-state index is 0.276. The first kappa shape index (κ1) is 18.7. The molecule has 2 aliphatic rings. The van der Waals surface area contributed by atoms with Crippen LogP contribution in [0, 0.1) is 0 Å². The Balaban J connectivity index is 0.000000270. The number of fused-ring (bicyclic) bond motifs is 1. The molecular formula is C15H28N2O2S2. The maximum absolute atomic E-state index is 11.4. The normalized spacial score (nSPS) is 29.6. The Labute approximate surface area is 138 Å². The highest BCUT2D eigenvalue weighted by Crippen LogP contribution is 2.56. The van der Waals surface area contributed by atoms with Crippen molar-refractivity contribution in [1.82, 2.24) is 9.80 Å². The summed E-state index contributed by atoms with van der Waals surface area (Å²) in [4.78, 5) is 16.4. The van der Waals surface area contributed by atoms with Crippen molar-refractivity contribution < 1.29 is 9.90 Å². The van der Waals surface area contributed by atoms with Gasteiger partial charge in [-0.1, -0.05) is 33.0 Å². The Hall–Kier alpha value is -0.330. The molecule has 2 rings (SSSR count). The molecule has 1 N–H and O–H groups in total. The van der Waals surface area contributed by atoms with Gasteiger partial charge in [-0.25, -0.2) is 4.79 Å². The van der Waals surface area contributed by atoms with Gasteiger partial charge < -0.3 is 14.9 Å². The van der Waals surface area contributed by atoms with E-state index in [-0.39, 0.29) is 10.1 Å². The number of hydrogen-bond donors (Lipinski definition) is 1. The van der Waals surface area contributed by atoms with Crippen LogP contribution in [0.1, 0.15) is 48.0 Å². The van der Waals surface area contributed by atoms with Gasteiger partial charge in [0.2, 0.25) is 0 Å². The molecule has 0 aromatic rings. The maximum atomic E-state index is 11.4. The Morgan fingerprint density at radius 1 is 1.33 bits per heavy atom. The Bertz CT molecular complexity index is 405. The van der Waals surface area contributed by atoms with Gasteiger partial charge in [0.05, 0.1) is 10.4 Å². The summed E-state index contributed by atoms with van der Waals surface area (Å²) in [5.74, 6) is -0.778. The summed E-state index contributed by atoms with van der Waals surface area (Å²) in [6, 6.07) is 0. The van der Waals surface area contributed by atoms with Crippen LogP contribution < -0.4 is 0 Å². The van der Waals surface area contributed by atoms with Crippen LogP contribution in [0.15, 0.2) is 0 Å². The predicted octanol–water partition coefficient (Wildman–Crippen LogP) is 3.06. The van der Waals surface area contributed by atoms with E-state index in [4.69, 9.17) is 12.2 Å². The fourth-order valence-corrected chi connectivity index (χ4v) is 5.22. The van der Waals surface area contributed by atoms with Gasteiger partial charge in [-0.3, -0.25) is 0 Å². The lowest BCUT2D eigenvalue weighted by molar-refractivity contribution is -0.149. The number of thiocarbonyl (C=S) groups is 1. The van der Waals surface area contributed by atoms with E-state index in [1.165, 1.54) is 19.6 Å². The lowest BCUT2D eigenvalue weighted by Gasteiger charge is -2.46. The third-order valence-electron chi connectivity index (χ3n) is 4.75. The molecule has 2 saturated heterocycles. The summed E-state index contributed by atoms with van der Waals surface area (Å²) in [7, 11) is 0. The highest BCUT2D eigenvalue weighted by Gasteiger charge is 2.65. The van der Waals surface area contributed by atoms with Crippen molar-refractivity contribution in [2.75, 3.05) is 19.6 Å². The van der Waals surface area contributed by atoms with Crippen molar-refractivity contribution in [3.63, 3.8) is 0 Å². The van der Waals surface area contributed by atoms with E-state index in [9.17, 15) is 9.90 Å². The van der Waals surface area contributed by atoms with E-state index in [0.29, 0.717) is 0 Å². The van der Waals surface area contributed by atoms with E-state index < -0.39 is 11.5 Å². The van der Waals surface area contributed by atoms with E-state index in [1.807, 2.05) is 18.7 Å². The number of carboxylic acids is 1. The van der Waals surface area contributed by atoms with Gasteiger partial charge in [-0.2, -0.15) is 0 Å². The standard InChI is InChI=1S/C9H13NO2S2.C6H15N/c1-8(2)9(3,7(11)12)10-5(13)4-6(10)14-8;1-4-7(5-2)6-3/h6H,4H2,1-3H3,(H,11,12);4-6H2,1-3H3/t6-,9+;/m1./s1. The Morgan fingerprint density at radius 2 is 1.81 bits per heavy atom. The van der Waals surface area contributed by atoms with Gasteiger partial charge >= 0.3 is 5.97 Å². The topological polar surface area (TPSA) is 43.8 Å². The van der Waals surface area contributed by atoms with Crippen LogP contribution in [0.25, 0.3) is 0 Å². The first-order valence-electron chi connectivity index (χ1n) is 7.61. The number of hydrogen-bond acceptors (Lipinski definition) is 4. The second-order valence-corrected chi connectivity index (χ2v) is 8.32. The molecule has 2 fully saturated rings. The molecule has 0 amide bonds. The molecular weight excluding hydrogens is 304 g/mol. The number of aliphatic carboxylic acids is 1. The molecule has 2 aliphatic heterocycles. The monoisotopic (exact) mass is 332 g/mol. The molecule has 0 unspecified atom stereocenters. The van der Waals surface area contributed by atoms with Gasteiger partial charge in [-0.15, -0.1) is 11.8 Å². The highest BCUT2D eigenvalue weighted by molar-refractivity contribution is 8.01. The van der Waals surface area contributed by atoms with Gasteiger partial charge in [0.15, 0.2) is 5.54 Å². The molecule has 0 bridgehead atoms. The van der Waals surface area contributed by atoms with Gasteiger partial charge in [0.25, 0.3) is 0 Å². The summed E-state index contributed by atoms with van der Waals surface area (Å²) < 4.78 is -0.288. The molecule has 6 heteroatoms. The van der Waals surface area contributed by atoms with E-state index in [1.54, 1.807) is 18.7 Å². The number of carbonyl (C=O) groups is 1. The zero-order valence-corrected chi connectivity index (χ0v) is 15.6. The molecule has 0 aromatic carbocycles. The van der Waals surface area contributed by atoms with Gasteiger partial charge in [0.1, 0.15) is 0 Å². The second-order valence-electron chi connectivity index (χ2n) is 6.05. The number of nitrogens with zero attached hydrogens (tertiary/aromatic N) is 2. The van der Waals surface area contributed by atoms with Crippen LogP contribution in [-0.2, 0) is 4.79 Å². The highest BCUT2D eigenvalue weighted by atomic mass is 32.2. The van der Waals surface area contributed by atoms with Crippen LogP contribution in [0.3, 0.4) is 0 Å². The molecule has 0 spiro atoms. The SMILES string of the molecule is CC1(C)S[C@@H]2CC(=S)N2[C@@]1(C)C(=O)O.CCN(CC)CC. The Morgan fingerprint density at radius 3 is 2.05 bits per heavy atom. The molecule has 0 aliphatic carbocycles. The minimum Gasteiger partial charge on any atom is -0.479 e. The average Bonchev–Trinajstić information content (AvgIpc) is 2.56. The van der Waals surface area contributed by atoms with Crippen molar-refractivity contribution in [2.24, 2.45) is 0 Å². The average molecular weight is 333 g/mol. The zero-order chi connectivity index (χ0) is 16.4.